The normalized spacial score (nSPS) is 15.6. The first-order chi connectivity index (χ1) is 16.8. The Labute approximate surface area is 215 Å². The van der Waals surface area contributed by atoms with Crippen molar-refractivity contribution in [2.75, 3.05) is 5.73 Å². The van der Waals surface area contributed by atoms with E-state index >= 15 is 0 Å². The van der Waals surface area contributed by atoms with Gasteiger partial charge in [0.2, 0.25) is 0 Å². The molecule has 0 saturated heterocycles. The molecule has 0 aromatic heterocycles. The van der Waals surface area contributed by atoms with Gasteiger partial charge in [0.1, 0.15) is 5.75 Å². The number of rotatable bonds is 5. The Morgan fingerprint density at radius 3 is 2.00 bits per heavy atom. The molecule has 3 aromatic carbocycles. The summed E-state index contributed by atoms with van der Waals surface area (Å²) in [4.78, 5) is 11.1. The number of phenols is 1. The Hall–Kier alpha value is -3.53. The van der Waals surface area contributed by atoms with Crippen LogP contribution in [0.25, 0.3) is 11.6 Å². The molecule has 0 amide bonds. The summed E-state index contributed by atoms with van der Waals surface area (Å²) in [5.74, 6) is -0.639. The number of fused-ring (bicyclic) bond motifs is 1. The van der Waals surface area contributed by atoms with Crippen LogP contribution in [0.5, 0.6) is 5.75 Å². The second-order valence-corrected chi connectivity index (χ2v) is 11.1. The molecule has 1 aliphatic rings. The minimum atomic E-state index is -0.888. The van der Waals surface area contributed by atoms with E-state index in [1.165, 1.54) is 34.2 Å². The van der Waals surface area contributed by atoms with Gasteiger partial charge in [-0.2, -0.15) is 0 Å². The Morgan fingerprint density at radius 2 is 1.50 bits per heavy atom. The molecule has 4 N–H and O–H groups in total. The van der Waals surface area contributed by atoms with Crippen LogP contribution in [0.15, 0.2) is 60.7 Å². The van der Waals surface area contributed by atoms with Crippen molar-refractivity contribution in [3.05, 3.63) is 94.0 Å². The van der Waals surface area contributed by atoms with Crippen molar-refractivity contribution in [2.24, 2.45) is 0 Å². The zero-order valence-corrected chi connectivity index (χ0v) is 22.4. The van der Waals surface area contributed by atoms with Crippen LogP contribution in [0.1, 0.15) is 92.6 Å². The van der Waals surface area contributed by atoms with Crippen LogP contribution in [0.2, 0.25) is 0 Å². The van der Waals surface area contributed by atoms with Gasteiger partial charge in [-0.25, -0.2) is 4.79 Å². The fourth-order valence-corrected chi connectivity index (χ4v) is 5.43. The van der Waals surface area contributed by atoms with Gasteiger partial charge in [-0.15, -0.1) is 0 Å². The number of hydrogen-bond donors (Lipinski definition) is 3. The number of hydrogen-bond acceptors (Lipinski definition) is 3. The summed E-state index contributed by atoms with van der Waals surface area (Å²) in [6, 6.07) is 18.4. The molecule has 1 aliphatic carbocycles. The largest absolute Gasteiger partial charge is 0.508 e. The fourth-order valence-electron chi connectivity index (χ4n) is 5.43. The third-order valence-corrected chi connectivity index (χ3v) is 6.96. The number of nitrogen functional groups attached to an aromatic ring is 1. The lowest BCUT2D eigenvalue weighted by atomic mass is 9.82. The number of aromatic hydroxyl groups is 1. The number of carboxylic acid groups (broad SMARTS) is 1. The highest BCUT2D eigenvalue weighted by atomic mass is 16.4. The van der Waals surface area contributed by atoms with E-state index in [1.54, 1.807) is 36.4 Å². The Kier molecular flexibility index (Phi) is 7.98. The first-order valence-corrected chi connectivity index (χ1v) is 12.6. The molecule has 4 nitrogen and oxygen atoms in total. The number of carbonyl (C=O) groups is 1. The molecule has 0 unspecified atom stereocenters. The number of anilines is 1. The Morgan fingerprint density at radius 1 is 0.944 bits per heavy atom. The van der Waals surface area contributed by atoms with Gasteiger partial charge in [0, 0.05) is 5.69 Å². The number of allylic oxidation sites excluding steroid dienone is 1. The van der Waals surface area contributed by atoms with E-state index < -0.39 is 5.97 Å². The minimum Gasteiger partial charge on any atom is -0.508 e. The van der Waals surface area contributed by atoms with Gasteiger partial charge in [-0.1, -0.05) is 71.4 Å². The molecule has 0 fully saturated rings. The molecule has 0 saturated carbocycles. The highest BCUT2D eigenvalue weighted by Gasteiger charge is 2.42. The van der Waals surface area contributed by atoms with E-state index in [1.807, 2.05) is 12.1 Å². The summed E-state index contributed by atoms with van der Waals surface area (Å²) < 4.78 is 0. The van der Waals surface area contributed by atoms with Gasteiger partial charge in [-0.05, 0) is 100 Å². The monoisotopic (exact) mass is 485 g/mol. The molecular weight excluding hydrogens is 446 g/mol. The van der Waals surface area contributed by atoms with Crippen LogP contribution in [-0.4, -0.2) is 16.2 Å². The average molecular weight is 486 g/mol. The van der Waals surface area contributed by atoms with Gasteiger partial charge < -0.3 is 15.9 Å². The highest BCUT2D eigenvalue weighted by Crippen LogP contribution is 2.50. The summed E-state index contributed by atoms with van der Waals surface area (Å²) in [6.45, 7) is 13.8. The Bertz CT molecular complexity index is 1230. The van der Waals surface area contributed by atoms with Gasteiger partial charge in [0.05, 0.1) is 5.56 Å². The van der Waals surface area contributed by atoms with Crippen molar-refractivity contribution in [1.29, 1.82) is 0 Å². The predicted octanol–water partition coefficient (Wildman–Crippen LogP) is 7.83. The first kappa shape index (κ1) is 27.1. The van der Waals surface area contributed by atoms with Crippen molar-refractivity contribution in [1.82, 2.24) is 0 Å². The fraction of sp³-hybridized carbons (Fsp3) is 0.344. The molecule has 4 heteroatoms. The quantitative estimate of drug-likeness (QED) is 0.195. The van der Waals surface area contributed by atoms with Gasteiger partial charge >= 0.3 is 5.97 Å². The maximum absolute atomic E-state index is 11.1. The molecule has 0 spiro atoms. The van der Waals surface area contributed by atoms with E-state index in [4.69, 9.17) is 15.9 Å². The van der Waals surface area contributed by atoms with Gasteiger partial charge in [0.15, 0.2) is 0 Å². The molecule has 0 bridgehead atoms. The summed E-state index contributed by atoms with van der Waals surface area (Å²) in [5, 5.41) is 17.8. The SMILES string of the molecule is CCCc1cc2c(cc1/C(C)=C/c1ccc(C(=O)O)cc1)C(C)(C)CC2(C)C.Nc1ccc(O)cc1. The number of benzene rings is 3. The lowest BCUT2D eigenvalue weighted by Gasteiger charge is -2.22. The molecule has 0 heterocycles. The number of carboxylic acids is 1. The molecule has 190 valence electrons. The van der Waals surface area contributed by atoms with Crippen molar-refractivity contribution >= 4 is 23.3 Å². The molecule has 4 rings (SSSR count). The molecule has 0 radical (unpaired) electrons. The minimum absolute atomic E-state index is 0.182. The highest BCUT2D eigenvalue weighted by molar-refractivity contribution is 5.88. The van der Waals surface area contributed by atoms with Gasteiger partial charge in [-0.3, -0.25) is 0 Å². The van der Waals surface area contributed by atoms with Crippen LogP contribution in [-0.2, 0) is 17.3 Å². The van der Waals surface area contributed by atoms with Gasteiger partial charge in [0.25, 0.3) is 0 Å². The number of nitrogens with two attached hydrogens (primary N) is 1. The summed E-state index contributed by atoms with van der Waals surface area (Å²) in [5.41, 5.74) is 14.7. The molecule has 0 atom stereocenters. The zero-order chi connectivity index (χ0) is 26.7. The smallest absolute Gasteiger partial charge is 0.335 e. The average Bonchev–Trinajstić information content (AvgIpc) is 2.99. The van der Waals surface area contributed by atoms with E-state index in [-0.39, 0.29) is 16.6 Å². The summed E-state index contributed by atoms with van der Waals surface area (Å²) in [6.07, 6.45) is 5.53. The third kappa shape index (κ3) is 6.17. The van der Waals surface area contributed by atoms with Crippen LogP contribution >= 0.6 is 0 Å². The van der Waals surface area contributed by atoms with E-state index in [9.17, 15) is 4.79 Å². The zero-order valence-electron chi connectivity index (χ0n) is 22.4. The van der Waals surface area contributed by atoms with Crippen molar-refractivity contribution in [3.63, 3.8) is 0 Å². The summed E-state index contributed by atoms with van der Waals surface area (Å²) >= 11 is 0. The van der Waals surface area contributed by atoms with E-state index in [0.717, 1.165) is 18.4 Å². The maximum atomic E-state index is 11.1. The number of aryl methyl sites for hydroxylation is 1. The summed E-state index contributed by atoms with van der Waals surface area (Å²) in [7, 11) is 0. The van der Waals surface area contributed by atoms with Crippen molar-refractivity contribution in [3.8, 4) is 5.75 Å². The first-order valence-electron chi connectivity index (χ1n) is 12.6. The van der Waals surface area contributed by atoms with Crippen LogP contribution < -0.4 is 5.73 Å². The second kappa shape index (κ2) is 10.6. The van der Waals surface area contributed by atoms with Crippen LogP contribution in [0, 0.1) is 0 Å². The van der Waals surface area contributed by atoms with E-state index in [2.05, 4.69) is 59.8 Å². The molecule has 36 heavy (non-hydrogen) atoms. The molecular formula is C32H39NO3. The topological polar surface area (TPSA) is 83.5 Å². The van der Waals surface area contributed by atoms with E-state index in [0.29, 0.717) is 11.3 Å². The van der Waals surface area contributed by atoms with Crippen molar-refractivity contribution < 1.29 is 15.0 Å². The number of phenolic OH excluding ortho intramolecular Hbond substituents is 1. The predicted molar refractivity (Wildman–Crippen MR) is 151 cm³/mol. The molecule has 0 aliphatic heterocycles. The standard InChI is InChI=1S/C26H32O2.C6H7NO/c1-7-8-20-14-22-23(26(5,6)16-25(22,3)4)15-21(20)17(2)13-18-9-11-19(12-10-18)24(27)28;7-5-1-3-6(8)4-2-5/h9-15H,7-8,16H2,1-6H3,(H,27,28);1-4,8H,7H2/b17-13+;. The van der Waals surface area contributed by atoms with Crippen LogP contribution in [0.4, 0.5) is 5.69 Å². The van der Waals surface area contributed by atoms with Crippen LogP contribution in [0.3, 0.4) is 0 Å². The maximum Gasteiger partial charge on any atom is 0.335 e. The second-order valence-electron chi connectivity index (χ2n) is 11.1. The van der Waals surface area contributed by atoms with Crippen molar-refractivity contribution in [2.45, 2.75) is 71.6 Å². The molecule has 3 aromatic rings. The lowest BCUT2D eigenvalue weighted by molar-refractivity contribution is 0.0697. The Balaban J connectivity index is 0.000000383. The number of aromatic carboxylic acids is 1. The lowest BCUT2D eigenvalue weighted by Crippen LogP contribution is -2.18. The third-order valence-electron chi connectivity index (χ3n) is 6.96.